The Bertz CT molecular complexity index is 382. The molecule has 0 radical (unpaired) electrons. The Morgan fingerprint density at radius 2 is 2.07 bits per heavy atom. The van der Waals surface area contributed by atoms with Crippen LogP contribution < -0.4 is 10.5 Å². The van der Waals surface area contributed by atoms with Crippen molar-refractivity contribution in [2.75, 3.05) is 5.73 Å². The van der Waals surface area contributed by atoms with Crippen molar-refractivity contribution in [1.29, 1.82) is 0 Å². The lowest BCUT2D eigenvalue weighted by atomic mass is 10.2. The molecule has 1 aromatic heterocycles. The van der Waals surface area contributed by atoms with Crippen LogP contribution in [0, 0.1) is 12.3 Å². The molecule has 1 aromatic rings. The summed E-state index contributed by atoms with van der Waals surface area (Å²) in [6, 6.07) is 1.57. The largest absolute Gasteiger partial charge is 0.461 e. The van der Waals surface area contributed by atoms with Crippen molar-refractivity contribution in [3.63, 3.8) is 0 Å². The van der Waals surface area contributed by atoms with Crippen molar-refractivity contribution in [3.8, 4) is 18.2 Å². The molecular weight excluding hydrogens is 190 g/mol. The van der Waals surface area contributed by atoms with Gasteiger partial charge in [0.15, 0.2) is 6.10 Å². The van der Waals surface area contributed by atoms with E-state index in [1.54, 1.807) is 13.0 Å². The normalized spacial score (nSPS) is 12.2. The van der Waals surface area contributed by atoms with Crippen LogP contribution in [-0.4, -0.2) is 16.1 Å². The SMILES string of the molecule is C#CC(C)Oc1cc(N)nc(C(C)C)n1. The molecule has 1 rings (SSSR count). The molecule has 1 heterocycles. The van der Waals surface area contributed by atoms with Gasteiger partial charge in [-0.1, -0.05) is 19.8 Å². The molecule has 15 heavy (non-hydrogen) atoms. The number of ether oxygens (including phenoxy) is 1. The highest BCUT2D eigenvalue weighted by atomic mass is 16.5. The van der Waals surface area contributed by atoms with Crippen LogP contribution in [-0.2, 0) is 0 Å². The first-order chi connectivity index (χ1) is 7.02. The monoisotopic (exact) mass is 205 g/mol. The van der Waals surface area contributed by atoms with Gasteiger partial charge in [0.2, 0.25) is 5.88 Å². The van der Waals surface area contributed by atoms with E-state index in [0.29, 0.717) is 17.5 Å². The second kappa shape index (κ2) is 4.65. The van der Waals surface area contributed by atoms with Crippen LogP contribution in [0.5, 0.6) is 5.88 Å². The van der Waals surface area contributed by atoms with Gasteiger partial charge in [-0.3, -0.25) is 0 Å². The third kappa shape index (κ3) is 3.13. The van der Waals surface area contributed by atoms with Crippen LogP contribution >= 0.6 is 0 Å². The van der Waals surface area contributed by atoms with Gasteiger partial charge in [-0.15, -0.1) is 6.42 Å². The molecule has 1 atom stereocenters. The van der Waals surface area contributed by atoms with Crippen LogP contribution in [0.15, 0.2) is 6.07 Å². The molecule has 0 saturated heterocycles. The molecule has 0 aliphatic heterocycles. The Balaban J connectivity index is 2.95. The lowest BCUT2D eigenvalue weighted by molar-refractivity contribution is 0.266. The predicted octanol–water partition coefficient (Wildman–Crippen LogP) is 1.58. The molecule has 0 aliphatic carbocycles. The predicted molar refractivity (Wildman–Crippen MR) is 59.5 cm³/mol. The second-order valence-electron chi connectivity index (χ2n) is 3.57. The van der Waals surface area contributed by atoms with E-state index in [9.17, 15) is 0 Å². The average molecular weight is 205 g/mol. The fourth-order valence-electron chi connectivity index (χ4n) is 0.995. The number of aromatic nitrogens is 2. The molecule has 0 aromatic carbocycles. The van der Waals surface area contributed by atoms with E-state index in [0.717, 1.165) is 0 Å². The summed E-state index contributed by atoms with van der Waals surface area (Å²) in [5.41, 5.74) is 5.63. The molecule has 2 N–H and O–H groups in total. The smallest absolute Gasteiger partial charge is 0.219 e. The van der Waals surface area contributed by atoms with Gasteiger partial charge in [-0.05, 0) is 6.92 Å². The van der Waals surface area contributed by atoms with Crippen molar-refractivity contribution in [1.82, 2.24) is 9.97 Å². The Labute approximate surface area is 89.9 Å². The molecule has 0 spiro atoms. The Morgan fingerprint density at radius 3 is 2.60 bits per heavy atom. The summed E-state index contributed by atoms with van der Waals surface area (Å²) in [6.45, 7) is 5.75. The quantitative estimate of drug-likeness (QED) is 0.761. The number of hydrogen-bond acceptors (Lipinski definition) is 4. The fraction of sp³-hybridized carbons (Fsp3) is 0.455. The average Bonchev–Trinajstić information content (AvgIpc) is 2.16. The van der Waals surface area contributed by atoms with Gasteiger partial charge in [0.1, 0.15) is 11.6 Å². The summed E-state index contributed by atoms with van der Waals surface area (Å²) >= 11 is 0. The summed E-state index contributed by atoms with van der Waals surface area (Å²) in [5, 5.41) is 0. The molecule has 0 bridgehead atoms. The number of rotatable bonds is 3. The standard InChI is InChI=1S/C11H15N3O/c1-5-8(4)15-10-6-9(12)13-11(14-10)7(2)3/h1,6-8H,2-4H3,(H2,12,13,14). The van der Waals surface area contributed by atoms with Crippen LogP contribution in [0.1, 0.15) is 32.5 Å². The summed E-state index contributed by atoms with van der Waals surface area (Å²) in [7, 11) is 0. The minimum Gasteiger partial charge on any atom is -0.461 e. The third-order valence-corrected chi connectivity index (χ3v) is 1.79. The zero-order valence-electron chi connectivity index (χ0n) is 9.19. The van der Waals surface area contributed by atoms with E-state index < -0.39 is 0 Å². The molecule has 4 nitrogen and oxygen atoms in total. The van der Waals surface area contributed by atoms with Crippen molar-refractivity contribution < 1.29 is 4.74 Å². The zero-order valence-corrected chi connectivity index (χ0v) is 9.19. The highest BCUT2D eigenvalue weighted by molar-refractivity contribution is 5.33. The number of nitrogens with zero attached hydrogens (tertiary/aromatic N) is 2. The maximum atomic E-state index is 5.63. The van der Waals surface area contributed by atoms with Gasteiger partial charge in [-0.2, -0.15) is 4.98 Å². The fourth-order valence-corrected chi connectivity index (χ4v) is 0.995. The first-order valence-electron chi connectivity index (χ1n) is 4.80. The molecule has 0 amide bonds. The van der Waals surface area contributed by atoms with Crippen molar-refractivity contribution in [3.05, 3.63) is 11.9 Å². The maximum Gasteiger partial charge on any atom is 0.219 e. The third-order valence-electron chi connectivity index (χ3n) is 1.79. The summed E-state index contributed by atoms with van der Waals surface area (Å²) < 4.78 is 5.37. The number of terminal acetylenes is 1. The minimum absolute atomic E-state index is 0.206. The van der Waals surface area contributed by atoms with Crippen molar-refractivity contribution in [2.24, 2.45) is 0 Å². The number of nitrogen functional groups attached to an aromatic ring is 1. The zero-order chi connectivity index (χ0) is 11.4. The molecule has 0 aliphatic rings. The van der Waals surface area contributed by atoms with E-state index >= 15 is 0 Å². The molecule has 4 heteroatoms. The number of hydrogen-bond donors (Lipinski definition) is 1. The van der Waals surface area contributed by atoms with Gasteiger partial charge in [0, 0.05) is 12.0 Å². The summed E-state index contributed by atoms with van der Waals surface area (Å²) in [5.74, 6) is 4.15. The van der Waals surface area contributed by atoms with E-state index in [2.05, 4.69) is 15.9 Å². The van der Waals surface area contributed by atoms with Gasteiger partial charge in [0.25, 0.3) is 0 Å². The molecule has 0 saturated carbocycles. The highest BCUT2D eigenvalue weighted by Gasteiger charge is 2.08. The first-order valence-corrected chi connectivity index (χ1v) is 4.80. The molecule has 80 valence electrons. The van der Waals surface area contributed by atoms with Gasteiger partial charge < -0.3 is 10.5 Å². The van der Waals surface area contributed by atoms with Crippen molar-refractivity contribution >= 4 is 5.82 Å². The van der Waals surface area contributed by atoms with Crippen molar-refractivity contribution in [2.45, 2.75) is 32.8 Å². The minimum atomic E-state index is -0.320. The maximum absolute atomic E-state index is 5.63. The Hall–Kier alpha value is -1.76. The van der Waals surface area contributed by atoms with Crippen LogP contribution in [0.25, 0.3) is 0 Å². The van der Waals surface area contributed by atoms with E-state index in [1.165, 1.54) is 0 Å². The Morgan fingerprint density at radius 1 is 1.40 bits per heavy atom. The van der Waals surface area contributed by atoms with Gasteiger partial charge in [0.05, 0.1) is 0 Å². The van der Waals surface area contributed by atoms with Gasteiger partial charge >= 0.3 is 0 Å². The topological polar surface area (TPSA) is 61.0 Å². The molecular formula is C11H15N3O. The number of nitrogens with two attached hydrogens (primary N) is 1. The van der Waals surface area contributed by atoms with E-state index in [-0.39, 0.29) is 12.0 Å². The first kappa shape index (κ1) is 11.3. The Kier molecular flexibility index (Phi) is 3.51. The van der Waals surface area contributed by atoms with Crippen LogP contribution in [0.2, 0.25) is 0 Å². The van der Waals surface area contributed by atoms with Gasteiger partial charge in [-0.25, -0.2) is 4.98 Å². The highest BCUT2D eigenvalue weighted by Crippen LogP contribution is 2.17. The van der Waals surface area contributed by atoms with Crippen LogP contribution in [0.4, 0.5) is 5.82 Å². The molecule has 0 fully saturated rings. The second-order valence-corrected chi connectivity index (χ2v) is 3.57. The van der Waals surface area contributed by atoms with E-state index in [4.69, 9.17) is 16.9 Å². The summed E-state index contributed by atoms with van der Waals surface area (Å²) in [6.07, 6.45) is 4.89. The summed E-state index contributed by atoms with van der Waals surface area (Å²) in [4.78, 5) is 8.31. The number of anilines is 1. The molecule has 1 unspecified atom stereocenters. The lowest BCUT2D eigenvalue weighted by Crippen LogP contribution is -2.11. The van der Waals surface area contributed by atoms with E-state index in [1.807, 2.05) is 13.8 Å². The lowest BCUT2D eigenvalue weighted by Gasteiger charge is -2.11. The van der Waals surface area contributed by atoms with Crippen LogP contribution in [0.3, 0.4) is 0 Å².